The van der Waals surface area contributed by atoms with E-state index in [1.54, 1.807) is 0 Å². The van der Waals surface area contributed by atoms with E-state index in [1.165, 1.54) is 0 Å². The highest BCUT2D eigenvalue weighted by Gasteiger charge is 2.34. The van der Waals surface area contributed by atoms with E-state index in [0.29, 0.717) is 6.10 Å². The molecule has 4 heteroatoms. The van der Waals surface area contributed by atoms with Crippen LogP contribution in [0.2, 0.25) is 0 Å². The highest BCUT2D eigenvalue weighted by Crippen LogP contribution is 2.15. The number of hydrogen-bond acceptors (Lipinski definition) is 3. The van der Waals surface area contributed by atoms with Crippen LogP contribution < -0.4 is 5.32 Å². The number of nitrogens with zero attached hydrogens (tertiary/aromatic N) is 1. The van der Waals surface area contributed by atoms with Gasteiger partial charge in [0.1, 0.15) is 0 Å². The van der Waals surface area contributed by atoms with Crippen LogP contribution in [0.3, 0.4) is 0 Å². The molecule has 1 N–H and O–H groups in total. The van der Waals surface area contributed by atoms with Gasteiger partial charge in [-0.25, -0.2) is 0 Å². The van der Waals surface area contributed by atoms with Gasteiger partial charge >= 0.3 is 0 Å². The van der Waals surface area contributed by atoms with Crippen LogP contribution in [0.1, 0.15) is 53.4 Å². The Labute approximate surface area is 111 Å². The molecule has 0 aliphatic carbocycles. The predicted octanol–water partition coefficient (Wildman–Crippen LogP) is 2.14. The topological polar surface area (TPSA) is 41.6 Å². The monoisotopic (exact) mass is 256 g/mol. The lowest BCUT2D eigenvalue weighted by Crippen LogP contribution is -2.35. The Hall–Kier alpha value is -0.610. The summed E-state index contributed by atoms with van der Waals surface area (Å²) in [5, 5.41) is 3.36. The van der Waals surface area contributed by atoms with Gasteiger partial charge in [0, 0.05) is 13.2 Å². The summed E-state index contributed by atoms with van der Waals surface area (Å²) in [4.78, 5) is 14.1. The molecule has 1 saturated heterocycles. The van der Waals surface area contributed by atoms with Gasteiger partial charge in [0.05, 0.1) is 18.3 Å². The summed E-state index contributed by atoms with van der Waals surface area (Å²) >= 11 is 0. The number of nitrogens with one attached hydrogen (secondary N) is 1. The summed E-state index contributed by atoms with van der Waals surface area (Å²) in [6.07, 6.45) is 4.51. The molecule has 1 heterocycles. The summed E-state index contributed by atoms with van der Waals surface area (Å²) in [6.45, 7) is 9.91. The summed E-state index contributed by atoms with van der Waals surface area (Å²) in [6, 6.07) is 0.0388. The molecule has 4 nitrogen and oxygen atoms in total. The van der Waals surface area contributed by atoms with Crippen LogP contribution in [0.4, 0.5) is 0 Å². The molecular formula is C14H28N2O2. The summed E-state index contributed by atoms with van der Waals surface area (Å²) in [7, 11) is 0. The summed E-state index contributed by atoms with van der Waals surface area (Å²) < 4.78 is 5.50. The number of unbranched alkanes of at least 4 members (excludes halogenated alkanes) is 1. The molecule has 106 valence electrons. The minimum atomic E-state index is 0.0388. The van der Waals surface area contributed by atoms with Crippen LogP contribution >= 0.6 is 0 Å². The third kappa shape index (κ3) is 4.58. The number of amides is 1. The minimum absolute atomic E-state index is 0.0388. The highest BCUT2D eigenvalue weighted by atomic mass is 16.5. The Morgan fingerprint density at radius 2 is 2.11 bits per heavy atom. The van der Waals surface area contributed by atoms with Crippen molar-refractivity contribution < 1.29 is 9.53 Å². The maximum atomic E-state index is 12.1. The van der Waals surface area contributed by atoms with Gasteiger partial charge in [-0.1, -0.05) is 13.3 Å². The van der Waals surface area contributed by atoms with Gasteiger partial charge in [0.2, 0.25) is 5.91 Å². The van der Waals surface area contributed by atoms with Crippen LogP contribution in [0.25, 0.3) is 0 Å². The molecule has 1 fully saturated rings. The van der Waals surface area contributed by atoms with Crippen LogP contribution in [0, 0.1) is 0 Å². The van der Waals surface area contributed by atoms with E-state index >= 15 is 0 Å². The summed E-state index contributed by atoms with van der Waals surface area (Å²) in [5.41, 5.74) is 0. The third-order valence-corrected chi connectivity index (χ3v) is 3.31. The van der Waals surface area contributed by atoms with Crippen LogP contribution in [-0.2, 0) is 9.53 Å². The van der Waals surface area contributed by atoms with Crippen molar-refractivity contribution in [2.45, 2.75) is 71.7 Å². The fourth-order valence-electron chi connectivity index (χ4n) is 2.35. The lowest BCUT2D eigenvalue weighted by molar-refractivity contribution is -0.130. The maximum Gasteiger partial charge on any atom is 0.241 e. The van der Waals surface area contributed by atoms with Gasteiger partial charge in [-0.05, 0) is 40.0 Å². The lowest BCUT2D eigenvalue weighted by atomic mass is 10.1. The maximum absolute atomic E-state index is 12.1. The number of ether oxygens (including phenoxy) is 1. The Morgan fingerprint density at radius 1 is 1.39 bits per heavy atom. The smallest absolute Gasteiger partial charge is 0.241 e. The number of carbonyl (C=O) groups is 1. The second kappa shape index (κ2) is 7.74. The van der Waals surface area contributed by atoms with Crippen molar-refractivity contribution >= 4 is 5.91 Å². The average molecular weight is 256 g/mol. The van der Waals surface area contributed by atoms with Crippen molar-refractivity contribution in [2.75, 3.05) is 13.2 Å². The van der Waals surface area contributed by atoms with Crippen molar-refractivity contribution in [3.63, 3.8) is 0 Å². The van der Waals surface area contributed by atoms with E-state index in [-0.39, 0.29) is 18.1 Å². The second-order valence-electron chi connectivity index (χ2n) is 5.34. The van der Waals surface area contributed by atoms with Crippen molar-refractivity contribution in [1.29, 1.82) is 0 Å². The molecule has 0 aromatic carbocycles. The van der Waals surface area contributed by atoms with Crippen LogP contribution in [0.15, 0.2) is 0 Å². The Balaban J connectivity index is 2.23. The van der Waals surface area contributed by atoms with Crippen molar-refractivity contribution in [2.24, 2.45) is 0 Å². The number of rotatable bonds is 8. The first kappa shape index (κ1) is 15.4. The molecule has 0 saturated carbocycles. The molecular weight excluding hydrogens is 228 g/mol. The largest absolute Gasteiger partial charge is 0.379 e. The Kier molecular flexibility index (Phi) is 6.65. The molecule has 0 aromatic heterocycles. The van der Waals surface area contributed by atoms with E-state index in [0.717, 1.165) is 38.8 Å². The Morgan fingerprint density at radius 3 is 2.72 bits per heavy atom. The van der Waals surface area contributed by atoms with Crippen molar-refractivity contribution in [3.05, 3.63) is 0 Å². The lowest BCUT2D eigenvalue weighted by Gasteiger charge is -2.20. The fourth-order valence-corrected chi connectivity index (χ4v) is 2.35. The molecule has 2 atom stereocenters. The van der Waals surface area contributed by atoms with Gasteiger partial charge in [0.25, 0.3) is 0 Å². The molecule has 2 unspecified atom stereocenters. The predicted molar refractivity (Wildman–Crippen MR) is 73.3 cm³/mol. The van der Waals surface area contributed by atoms with E-state index in [4.69, 9.17) is 4.74 Å². The first-order valence-corrected chi connectivity index (χ1v) is 7.24. The molecule has 1 aliphatic rings. The molecule has 1 aliphatic heterocycles. The van der Waals surface area contributed by atoms with E-state index in [2.05, 4.69) is 19.2 Å². The van der Waals surface area contributed by atoms with Gasteiger partial charge in [0.15, 0.2) is 0 Å². The van der Waals surface area contributed by atoms with Crippen LogP contribution in [-0.4, -0.2) is 42.3 Å². The van der Waals surface area contributed by atoms with Crippen molar-refractivity contribution in [1.82, 2.24) is 10.2 Å². The average Bonchev–Trinajstić information content (AvgIpc) is 2.56. The first-order chi connectivity index (χ1) is 8.56. The van der Waals surface area contributed by atoms with Gasteiger partial charge < -0.3 is 9.64 Å². The number of carbonyl (C=O) groups excluding carboxylic acids is 1. The van der Waals surface area contributed by atoms with Gasteiger partial charge in [-0.3, -0.25) is 10.1 Å². The van der Waals surface area contributed by atoms with Crippen LogP contribution in [0.5, 0.6) is 0 Å². The highest BCUT2D eigenvalue weighted by molar-refractivity contribution is 5.84. The van der Waals surface area contributed by atoms with Crippen molar-refractivity contribution in [3.8, 4) is 0 Å². The van der Waals surface area contributed by atoms with Gasteiger partial charge in [-0.2, -0.15) is 0 Å². The fraction of sp³-hybridized carbons (Fsp3) is 0.929. The third-order valence-electron chi connectivity index (χ3n) is 3.31. The SMILES string of the molecule is CCCC1NC(C)N(CCCCOC(C)C)C1=O. The van der Waals surface area contributed by atoms with E-state index in [9.17, 15) is 4.79 Å². The zero-order valence-electron chi connectivity index (χ0n) is 12.2. The zero-order chi connectivity index (χ0) is 13.5. The Bertz CT molecular complexity index is 256. The van der Waals surface area contributed by atoms with Gasteiger partial charge in [-0.15, -0.1) is 0 Å². The molecule has 18 heavy (non-hydrogen) atoms. The molecule has 0 aromatic rings. The zero-order valence-corrected chi connectivity index (χ0v) is 12.2. The quantitative estimate of drug-likeness (QED) is 0.677. The minimum Gasteiger partial charge on any atom is -0.379 e. The molecule has 1 rings (SSSR count). The van der Waals surface area contributed by atoms with E-state index in [1.807, 2.05) is 18.7 Å². The second-order valence-corrected chi connectivity index (χ2v) is 5.34. The molecule has 0 radical (unpaired) electrons. The standard InChI is InChI=1S/C14H28N2O2/c1-5-8-13-14(17)16(12(4)15-13)9-6-7-10-18-11(2)3/h11-13,15H,5-10H2,1-4H3. The molecule has 0 spiro atoms. The molecule has 0 bridgehead atoms. The summed E-state index contributed by atoms with van der Waals surface area (Å²) in [5.74, 6) is 0.272. The normalized spacial score (nSPS) is 24.3. The molecule has 1 amide bonds. The number of hydrogen-bond donors (Lipinski definition) is 1. The first-order valence-electron chi connectivity index (χ1n) is 7.24. The van der Waals surface area contributed by atoms with E-state index < -0.39 is 0 Å².